The average Bonchev–Trinajstić information content (AvgIpc) is 2.56. The third kappa shape index (κ3) is 5.10. The van der Waals surface area contributed by atoms with Crippen LogP contribution in [0.4, 0.5) is 5.69 Å². The zero-order valence-electron chi connectivity index (χ0n) is 15.1. The van der Waals surface area contributed by atoms with Crippen LogP contribution in [0.15, 0.2) is 61.3 Å². The van der Waals surface area contributed by atoms with Crippen LogP contribution in [0.25, 0.3) is 5.57 Å². The van der Waals surface area contributed by atoms with Gasteiger partial charge in [-0.15, -0.1) is 0 Å². The Labute approximate surface area is 146 Å². The molecule has 2 nitrogen and oxygen atoms in total. The van der Waals surface area contributed by atoms with E-state index in [1.54, 1.807) is 0 Å². The van der Waals surface area contributed by atoms with E-state index in [4.69, 9.17) is 0 Å². The largest absolute Gasteiger partial charge is 0.358 e. The standard InChI is InChI=1S/C22H28N2/c1-6-17(3)21-11-10-18(4)22(13-21)24-19(5)14-23-15-20-9-7-8-16(2)12-20/h7-13,23-24H,3,5-6,14-15H2,1-2,4H3. The van der Waals surface area contributed by atoms with Crippen molar-refractivity contribution >= 4 is 11.3 Å². The highest BCUT2D eigenvalue weighted by Gasteiger charge is 2.04. The van der Waals surface area contributed by atoms with Gasteiger partial charge in [0.15, 0.2) is 0 Å². The summed E-state index contributed by atoms with van der Waals surface area (Å²) in [6, 6.07) is 15.0. The van der Waals surface area contributed by atoms with Gasteiger partial charge in [0.2, 0.25) is 0 Å². The molecule has 0 aromatic heterocycles. The lowest BCUT2D eigenvalue weighted by molar-refractivity contribution is 0.742. The first-order valence-corrected chi connectivity index (χ1v) is 8.49. The van der Waals surface area contributed by atoms with Crippen molar-refractivity contribution in [2.45, 2.75) is 33.7 Å². The van der Waals surface area contributed by atoms with Gasteiger partial charge >= 0.3 is 0 Å². The van der Waals surface area contributed by atoms with Crippen molar-refractivity contribution in [1.29, 1.82) is 0 Å². The molecule has 2 aromatic carbocycles. The third-order valence-corrected chi connectivity index (χ3v) is 4.13. The fourth-order valence-corrected chi connectivity index (χ4v) is 2.60. The van der Waals surface area contributed by atoms with Gasteiger partial charge in [-0.25, -0.2) is 0 Å². The molecule has 2 aromatic rings. The molecule has 2 heteroatoms. The highest BCUT2D eigenvalue weighted by atomic mass is 15.0. The first-order chi connectivity index (χ1) is 11.5. The molecular weight excluding hydrogens is 292 g/mol. The zero-order valence-corrected chi connectivity index (χ0v) is 15.1. The van der Waals surface area contributed by atoms with E-state index in [-0.39, 0.29) is 0 Å². The van der Waals surface area contributed by atoms with E-state index in [1.165, 1.54) is 22.3 Å². The Kier molecular flexibility index (Phi) is 6.39. The summed E-state index contributed by atoms with van der Waals surface area (Å²) in [6.07, 6.45) is 0.960. The Hall–Kier alpha value is -2.32. The first-order valence-electron chi connectivity index (χ1n) is 8.49. The normalized spacial score (nSPS) is 10.5. The summed E-state index contributed by atoms with van der Waals surface area (Å²) >= 11 is 0. The van der Waals surface area contributed by atoms with E-state index in [2.05, 4.69) is 87.0 Å². The molecule has 0 amide bonds. The van der Waals surface area contributed by atoms with Crippen LogP contribution in [0.5, 0.6) is 0 Å². The number of benzene rings is 2. The number of hydrogen-bond donors (Lipinski definition) is 2. The molecule has 0 aliphatic rings. The molecule has 2 rings (SSSR count). The summed E-state index contributed by atoms with van der Waals surface area (Å²) in [5.41, 5.74) is 8.19. The molecule has 0 aliphatic carbocycles. The van der Waals surface area contributed by atoms with Crippen molar-refractivity contribution < 1.29 is 0 Å². The van der Waals surface area contributed by atoms with Gasteiger partial charge in [-0.1, -0.05) is 62.0 Å². The lowest BCUT2D eigenvalue weighted by Crippen LogP contribution is -2.20. The second kappa shape index (κ2) is 8.51. The summed E-state index contributed by atoms with van der Waals surface area (Å²) in [4.78, 5) is 0. The molecule has 0 bridgehead atoms. The summed E-state index contributed by atoms with van der Waals surface area (Å²) in [7, 11) is 0. The number of aryl methyl sites for hydroxylation is 2. The fraction of sp³-hybridized carbons (Fsp3) is 0.273. The first kappa shape index (κ1) is 18.0. The Morgan fingerprint density at radius 2 is 1.83 bits per heavy atom. The molecule has 2 N–H and O–H groups in total. The van der Waals surface area contributed by atoms with Gasteiger partial charge in [-0.2, -0.15) is 0 Å². The second-order valence-corrected chi connectivity index (χ2v) is 6.31. The quantitative estimate of drug-likeness (QED) is 0.676. The molecule has 0 heterocycles. The Bertz CT molecular complexity index is 728. The van der Waals surface area contributed by atoms with Gasteiger partial charge in [-0.05, 0) is 48.6 Å². The molecule has 0 radical (unpaired) electrons. The van der Waals surface area contributed by atoms with Crippen molar-refractivity contribution in [2.75, 3.05) is 11.9 Å². The van der Waals surface area contributed by atoms with Crippen molar-refractivity contribution in [3.63, 3.8) is 0 Å². The lowest BCUT2D eigenvalue weighted by Gasteiger charge is -2.15. The van der Waals surface area contributed by atoms with Crippen molar-refractivity contribution in [3.05, 3.63) is 83.6 Å². The monoisotopic (exact) mass is 320 g/mol. The third-order valence-electron chi connectivity index (χ3n) is 4.13. The highest BCUT2D eigenvalue weighted by Crippen LogP contribution is 2.23. The lowest BCUT2D eigenvalue weighted by atomic mass is 10.0. The maximum absolute atomic E-state index is 4.14. The number of rotatable bonds is 8. The van der Waals surface area contributed by atoms with Crippen molar-refractivity contribution in [2.24, 2.45) is 0 Å². The summed E-state index contributed by atoms with van der Waals surface area (Å²) < 4.78 is 0. The number of allylic oxidation sites excluding steroid dienone is 1. The van der Waals surface area contributed by atoms with Gasteiger partial charge in [0.05, 0.1) is 0 Å². The Balaban J connectivity index is 1.91. The Morgan fingerprint density at radius 1 is 1.04 bits per heavy atom. The van der Waals surface area contributed by atoms with Crippen LogP contribution in [0.2, 0.25) is 0 Å². The van der Waals surface area contributed by atoms with Crippen molar-refractivity contribution in [3.8, 4) is 0 Å². The molecular formula is C22H28N2. The highest BCUT2D eigenvalue weighted by molar-refractivity contribution is 5.69. The predicted molar refractivity (Wildman–Crippen MR) is 106 cm³/mol. The van der Waals surface area contributed by atoms with Crippen LogP contribution in [0.1, 0.15) is 35.6 Å². The van der Waals surface area contributed by atoms with Gasteiger partial charge in [-0.3, -0.25) is 0 Å². The van der Waals surface area contributed by atoms with Gasteiger partial charge in [0, 0.05) is 24.5 Å². The number of hydrogen-bond acceptors (Lipinski definition) is 2. The minimum Gasteiger partial charge on any atom is -0.358 e. The molecule has 0 fully saturated rings. The SMILES string of the molecule is C=C(CNCc1cccc(C)c1)Nc1cc(C(=C)CC)ccc1C. The molecule has 24 heavy (non-hydrogen) atoms. The molecule has 0 saturated carbocycles. The maximum Gasteiger partial charge on any atom is 0.0417 e. The van der Waals surface area contributed by atoms with E-state index in [0.29, 0.717) is 0 Å². The molecule has 0 spiro atoms. The van der Waals surface area contributed by atoms with Crippen LogP contribution in [-0.4, -0.2) is 6.54 Å². The fourth-order valence-electron chi connectivity index (χ4n) is 2.60. The van der Waals surface area contributed by atoms with E-state index in [0.717, 1.165) is 36.5 Å². The summed E-state index contributed by atoms with van der Waals surface area (Å²) in [5.74, 6) is 0. The van der Waals surface area contributed by atoms with E-state index >= 15 is 0 Å². The van der Waals surface area contributed by atoms with E-state index in [9.17, 15) is 0 Å². The molecule has 0 saturated heterocycles. The van der Waals surface area contributed by atoms with E-state index in [1.807, 2.05) is 0 Å². The molecule has 126 valence electrons. The van der Waals surface area contributed by atoms with E-state index < -0.39 is 0 Å². The smallest absolute Gasteiger partial charge is 0.0417 e. The Morgan fingerprint density at radius 3 is 2.54 bits per heavy atom. The number of nitrogens with one attached hydrogen (secondary N) is 2. The second-order valence-electron chi connectivity index (χ2n) is 6.31. The topological polar surface area (TPSA) is 24.1 Å². The average molecular weight is 320 g/mol. The molecule has 0 aliphatic heterocycles. The van der Waals surface area contributed by atoms with Crippen LogP contribution < -0.4 is 10.6 Å². The number of anilines is 1. The zero-order chi connectivity index (χ0) is 17.5. The minimum absolute atomic E-state index is 0.729. The van der Waals surface area contributed by atoms with Crippen LogP contribution >= 0.6 is 0 Å². The predicted octanol–water partition coefficient (Wildman–Crippen LogP) is 5.44. The molecule has 0 atom stereocenters. The summed E-state index contributed by atoms with van der Waals surface area (Å²) in [5, 5.41) is 6.87. The molecule has 0 unspecified atom stereocenters. The van der Waals surface area contributed by atoms with Gasteiger partial charge in [0.25, 0.3) is 0 Å². The van der Waals surface area contributed by atoms with Crippen LogP contribution in [-0.2, 0) is 6.54 Å². The van der Waals surface area contributed by atoms with Crippen molar-refractivity contribution in [1.82, 2.24) is 5.32 Å². The van der Waals surface area contributed by atoms with Gasteiger partial charge < -0.3 is 10.6 Å². The maximum atomic E-state index is 4.14. The van der Waals surface area contributed by atoms with Gasteiger partial charge in [0.1, 0.15) is 0 Å². The van der Waals surface area contributed by atoms with Crippen LogP contribution in [0.3, 0.4) is 0 Å². The van der Waals surface area contributed by atoms with Crippen LogP contribution in [0, 0.1) is 13.8 Å². The minimum atomic E-state index is 0.729. The summed E-state index contributed by atoms with van der Waals surface area (Å²) in [6.45, 7) is 16.2.